The number of benzene rings is 2. The lowest BCUT2D eigenvalue weighted by Crippen LogP contribution is -2.26. The van der Waals surface area contributed by atoms with E-state index in [9.17, 15) is 9.59 Å². The first kappa shape index (κ1) is 25.3. The number of carbonyl (C=O) groups excluding carboxylic acids is 2. The van der Waals surface area contributed by atoms with Crippen LogP contribution >= 0.6 is 34.8 Å². The Morgan fingerprint density at radius 2 is 1.91 bits per heavy atom. The Morgan fingerprint density at radius 1 is 1.15 bits per heavy atom. The van der Waals surface area contributed by atoms with Crippen molar-refractivity contribution in [2.24, 2.45) is 0 Å². The molecule has 3 rings (SSSR count). The van der Waals surface area contributed by atoms with Crippen molar-refractivity contribution in [1.82, 2.24) is 15.6 Å². The number of rotatable bonds is 8. The second-order valence-electron chi connectivity index (χ2n) is 6.79. The summed E-state index contributed by atoms with van der Waals surface area (Å²) in [5.74, 6) is -2.28. The van der Waals surface area contributed by atoms with E-state index in [4.69, 9.17) is 49.9 Å². The second kappa shape index (κ2) is 11.2. The molecular weight excluding hydrogens is 510 g/mol. The standard InChI is InChI=1S/C22H16Cl3FN4O4/c23-13-5-11(8-27)6-14(7-13)34-20-16(24)2-1-12(18(20)26)9-30-22(33)19-17(25)15(10-29-19)21(32)28-3-4-31/h1-2,5-7,10,29,31H,3-4,9H2,(H,28,32)(H,30,33). The van der Waals surface area contributed by atoms with Gasteiger partial charge in [-0.15, -0.1) is 0 Å². The summed E-state index contributed by atoms with van der Waals surface area (Å²) in [5.41, 5.74) is 0.199. The first-order valence-corrected chi connectivity index (χ1v) is 10.8. The third kappa shape index (κ3) is 5.79. The maximum Gasteiger partial charge on any atom is 0.269 e. The fourth-order valence-electron chi connectivity index (χ4n) is 2.87. The molecule has 4 N–H and O–H groups in total. The molecular formula is C22H16Cl3FN4O4. The highest BCUT2D eigenvalue weighted by Crippen LogP contribution is 2.35. The topological polar surface area (TPSA) is 127 Å². The Bertz CT molecular complexity index is 1290. The number of nitrogens with one attached hydrogen (secondary N) is 3. The molecule has 2 aromatic carbocycles. The lowest BCUT2D eigenvalue weighted by atomic mass is 10.2. The van der Waals surface area contributed by atoms with Crippen molar-refractivity contribution in [1.29, 1.82) is 5.26 Å². The van der Waals surface area contributed by atoms with Gasteiger partial charge in [-0.1, -0.05) is 40.9 Å². The molecule has 0 bridgehead atoms. The highest BCUT2D eigenvalue weighted by Gasteiger charge is 2.21. The summed E-state index contributed by atoms with van der Waals surface area (Å²) in [4.78, 5) is 27.1. The molecule has 0 aliphatic heterocycles. The lowest BCUT2D eigenvalue weighted by molar-refractivity contribution is 0.0942. The summed E-state index contributed by atoms with van der Waals surface area (Å²) >= 11 is 18.2. The maximum atomic E-state index is 15.1. The summed E-state index contributed by atoms with van der Waals surface area (Å²) in [5, 5.41) is 22.9. The second-order valence-corrected chi connectivity index (χ2v) is 8.01. The zero-order valence-corrected chi connectivity index (χ0v) is 19.5. The fraction of sp³-hybridized carbons (Fsp3) is 0.136. The van der Waals surface area contributed by atoms with Gasteiger partial charge in [-0.25, -0.2) is 4.39 Å². The summed E-state index contributed by atoms with van der Waals surface area (Å²) in [6, 6.07) is 8.87. The van der Waals surface area contributed by atoms with Crippen LogP contribution in [0.2, 0.25) is 15.1 Å². The van der Waals surface area contributed by atoms with Gasteiger partial charge in [0.25, 0.3) is 11.8 Å². The van der Waals surface area contributed by atoms with Gasteiger partial charge < -0.3 is 25.5 Å². The van der Waals surface area contributed by atoms with E-state index in [1.807, 2.05) is 6.07 Å². The van der Waals surface area contributed by atoms with Gasteiger partial charge in [-0.3, -0.25) is 9.59 Å². The van der Waals surface area contributed by atoms with Crippen LogP contribution in [0.4, 0.5) is 4.39 Å². The molecule has 0 fully saturated rings. The van der Waals surface area contributed by atoms with Crippen LogP contribution in [0, 0.1) is 17.1 Å². The zero-order chi connectivity index (χ0) is 24.8. The number of halogens is 4. The van der Waals surface area contributed by atoms with Crippen LogP contribution in [0.3, 0.4) is 0 Å². The number of aliphatic hydroxyl groups excluding tert-OH is 1. The number of nitriles is 1. The zero-order valence-electron chi connectivity index (χ0n) is 17.2. The van der Waals surface area contributed by atoms with E-state index in [1.54, 1.807) is 0 Å². The van der Waals surface area contributed by atoms with Crippen LogP contribution < -0.4 is 15.4 Å². The van der Waals surface area contributed by atoms with Crippen molar-refractivity contribution >= 4 is 46.6 Å². The average Bonchev–Trinajstić information content (AvgIpc) is 3.20. The van der Waals surface area contributed by atoms with Crippen LogP contribution in [0.15, 0.2) is 36.5 Å². The number of amides is 2. The van der Waals surface area contributed by atoms with Crippen molar-refractivity contribution in [3.63, 3.8) is 0 Å². The van der Waals surface area contributed by atoms with Crippen LogP contribution in [-0.4, -0.2) is 35.1 Å². The molecule has 0 saturated carbocycles. The van der Waals surface area contributed by atoms with Gasteiger partial charge >= 0.3 is 0 Å². The quantitative estimate of drug-likeness (QED) is 0.346. The van der Waals surface area contributed by atoms with Gasteiger partial charge in [0.15, 0.2) is 11.6 Å². The maximum absolute atomic E-state index is 15.1. The number of aliphatic hydroxyl groups is 1. The normalized spacial score (nSPS) is 10.5. The molecule has 0 radical (unpaired) electrons. The smallest absolute Gasteiger partial charge is 0.269 e. The molecule has 8 nitrogen and oxygen atoms in total. The van der Waals surface area contributed by atoms with Gasteiger partial charge in [-0.2, -0.15) is 5.26 Å². The first-order chi connectivity index (χ1) is 16.2. The van der Waals surface area contributed by atoms with Gasteiger partial charge in [0, 0.05) is 29.9 Å². The number of aromatic nitrogens is 1. The number of ether oxygens (including phenoxy) is 1. The number of aromatic amines is 1. The molecule has 3 aromatic rings. The number of carbonyl (C=O) groups is 2. The van der Waals surface area contributed by atoms with Crippen molar-refractivity contribution in [3.05, 3.63) is 79.8 Å². The Balaban J connectivity index is 1.76. The fourth-order valence-corrected chi connectivity index (χ4v) is 3.56. The predicted molar refractivity (Wildman–Crippen MR) is 124 cm³/mol. The summed E-state index contributed by atoms with van der Waals surface area (Å²) in [6.07, 6.45) is 1.25. The molecule has 1 heterocycles. The van der Waals surface area contributed by atoms with Crippen LogP contribution in [0.25, 0.3) is 0 Å². The molecule has 0 atom stereocenters. The summed E-state index contributed by atoms with van der Waals surface area (Å²) < 4.78 is 20.6. The minimum Gasteiger partial charge on any atom is -0.453 e. The van der Waals surface area contributed by atoms with Crippen LogP contribution in [0.1, 0.15) is 32.0 Å². The Hall–Kier alpha value is -3.29. The molecule has 0 spiro atoms. The van der Waals surface area contributed by atoms with Crippen molar-refractivity contribution < 1.29 is 23.8 Å². The third-order valence-corrected chi connectivity index (χ3v) is 5.38. The van der Waals surface area contributed by atoms with Crippen molar-refractivity contribution in [2.75, 3.05) is 13.2 Å². The highest BCUT2D eigenvalue weighted by atomic mass is 35.5. The number of hydrogen-bond donors (Lipinski definition) is 4. The first-order valence-electron chi connectivity index (χ1n) is 9.64. The van der Waals surface area contributed by atoms with E-state index in [0.29, 0.717) is 0 Å². The van der Waals surface area contributed by atoms with E-state index in [0.717, 1.165) is 0 Å². The lowest BCUT2D eigenvalue weighted by Gasteiger charge is -2.13. The Kier molecular flexibility index (Phi) is 8.36. The third-order valence-electron chi connectivity index (χ3n) is 4.47. The van der Waals surface area contributed by atoms with Crippen molar-refractivity contribution in [2.45, 2.75) is 6.54 Å². The largest absolute Gasteiger partial charge is 0.453 e. The van der Waals surface area contributed by atoms with E-state index < -0.39 is 17.6 Å². The minimum absolute atomic E-state index is 0.0203. The molecule has 0 aliphatic carbocycles. The summed E-state index contributed by atoms with van der Waals surface area (Å²) in [6.45, 7) is -0.482. The number of H-pyrrole nitrogens is 1. The van der Waals surface area contributed by atoms with Crippen LogP contribution in [0.5, 0.6) is 11.5 Å². The van der Waals surface area contributed by atoms with E-state index >= 15 is 4.39 Å². The van der Waals surface area contributed by atoms with Crippen molar-refractivity contribution in [3.8, 4) is 17.6 Å². The van der Waals surface area contributed by atoms with Gasteiger partial charge in [0.1, 0.15) is 11.4 Å². The molecule has 34 heavy (non-hydrogen) atoms. The monoisotopic (exact) mass is 524 g/mol. The minimum atomic E-state index is -0.826. The van der Waals surface area contributed by atoms with E-state index in [-0.39, 0.29) is 68.6 Å². The Labute approximate surface area is 208 Å². The molecule has 12 heteroatoms. The number of nitrogens with zero attached hydrogens (tertiary/aromatic N) is 1. The van der Waals surface area contributed by atoms with Crippen LogP contribution in [-0.2, 0) is 6.54 Å². The predicted octanol–water partition coefficient (Wildman–Crippen LogP) is 4.43. The van der Waals surface area contributed by atoms with E-state index in [2.05, 4.69) is 15.6 Å². The molecule has 176 valence electrons. The molecule has 1 aromatic heterocycles. The van der Waals surface area contributed by atoms with Gasteiger partial charge in [-0.05, 0) is 24.3 Å². The molecule has 2 amide bonds. The molecule has 0 saturated heterocycles. The Morgan fingerprint density at radius 3 is 2.62 bits per heavy atom. The molecule has 0 aliphatic rings. The summed E-state index contributed by atoms with van der Waals surface area (Å²) in [7, 11) is 0. The van der Waals surface area contributed by atoms with Gasteiger partial charge in [0.05, 0.1) is 33.8 Å². The average molecular weight is 526 g/mol. The van der Waals surface area contributed by atoms with Gasteiger partial charge in [0.2, 0.25) is 0 Å². The van der Waals surface area contributed by atoms with E-state index in [1.165, 1.54) is 36.5 Å². The molecule has 0 unspecified atom stereocenters. The highest BCUT2D eigenvalue weighted by molar-refractivity contribution is 6.36. The number of hydrogen-bond acceptors (Lipinski definition) is 5. The SMILES string of the molecule is N#Cc1cc(Cl)cc(Oc2c(Cl)ccc(CNC(=O)c3[nH]cc(C(=O)NCCO)c3Cl)c2F)c1.